The van der Waals surface area contributed by atoms with Crippen LogP contribution in [-0.2, 0) is 6.61 Å². The van der Waals surface area contributed by atoms with Crippen LogP contribution in [0.15, 0.2) is 66.1 Å². The van der Waals surface area contributed by atoms with Gasteiger partial charge >= 0.3 is 0 Å². The molecule has 0 spiro atoms. The van der Waals surface area contributed by atoms with Crippen molar-refractivity contribution in [3.63, 3.8) is 0 Å². The lowest BCUT2D eigenvalue weighted by Crippen LogP contribution is -2.21. The highest BCUT2D eigenvalue weighted by Crippen LogP contribution is 2.45. The van der Waals surface area contributed by atoms with Crippen LogP contribution in [0.5, 0.6) is 17.2 Å². The molecule has 3 aromatic rings. The lowest BCUT2D eigenvalue weighted by Gasteiger charge is -2.27. The molecule has 0 saturated heterocycles. The second kappa shape index (κ2) is 8.92. The molecule has 8 heteroatoms. The Hall–Kier alpha value is -2.52. The molecule has 3 aromatic carbocycles. The van der Waals surface area contributed by atoms with Crippen LogP contribution in [0.2, 0.25) is 0 Å². The summed E-state index contributed by atoms with van der Waals surface area (Å²) in [5.41, 5.74) is 8.78. The Bertz CT molecular complexity index is 1210. The maximum Gasteiger partial charge on any atom is 0.205 e. The van der Waals surface area contributed by atoms with Gasteiger partial charge in [-0.15, -0.1) is 0 Å². The van der Waals surface area contributed by atoms with E-state index in [1.54, 1.807) is 24.3 Å². The molecule has 0 bridgehead atoms. The topological polar surface area (TPSA) is 88.5 Å². The summed E-state index contributed by atoms with van der Waals surface area (Å²) in [5.74, 6) is 0.489. The van der Waals surface area contributed by atoms with Gasteiger partial charge in [0.1, 0.15) is 41.3 Å². The number of hydrogen-bond acceptors (Lipinski definition) is 5. The standard InChI is InChI=1S/C23H15FI2N2O3/c24-14-3-1-12(2-4-14)11-30-22-18(25)7-13(8-19(22)26)21-16-6-5-15(29)9-20(16)31-23(28)17(21)10-27/h1-9,21,29H,11,28H2/t21-/m0/s1. The first kappa shape index (κ1) is 21.7. The summed E-state index contributed by atoms with van der Waals surface area (Å²) in [4.78, 5) is 0. The number of nitriles is 1. The zero-order chi connectivity index (χ0) is 22.1. The van der Waals surface area contributed by atoms with Crippen molar-refractivity contribution in [1.82, 2.24) is 0 Å². The number of benzene rings is 3. The lowest BCUT2D eigenvalue weighted by atomic mass is 9.83. The van der Waals surface area contributed by atoms with E-state index in [1.807, 2.05) is 12.1 Å². The number of nitrogens with zero attached hydrogens (tertiary/aromatic N) is 1. The Morgan fingerprint density at radius 3 is 2.42 bits per heavy atom. The molecule has 0 fully saturated rings. The van der Waals surface area contributed by atoms with Gasteiger partial charge in [0, 0.05) is 11.6 Å². The third-order valence-corrected chi connectivity index (χ3v) is 6.46. The fourth-order valence-corrected chi connectivity index (χ4v) is 5.53. The van der Waals surface area contributed by atoms with Crippen LogP contribution in [0.1, 0.15) is 22.6 Å². The summed E-state index contributed by atoms with van der Waals surface area (Å²) >= 11 is 4.39. The predicted molar refractivity (Wildman–Crippen MR) is 130 cm³/mol. The summed E-state index contributed by atoms with van der Waals surface area (Å²) in [6, 6.07) is 17.0. The van der Waals surface area contributed by atoms with Crippen LogP contribution in [-0.4, -0.2) is 5.11 Å². The number of nitrogens with two attached hydrogens (primary N) is 1. The Morgan fingerprint density at radius 2 is 1.77 bits per heavy atom. The highest BCUT2D eigenvalue weighted by atomic mass is 127. The van der Waals surface area contributed by atoms with Gasteiger partial charge in [0.15, 0.2) is 0 Å². The fraction of sp³-hybridized carbons (Fsp3) is 0.0870. The van der Waals surface area contributed by atoms with Crippen molar-refractivity contribution >= 4 is 45.2 Å². The molecule has 0 aliphatic carbocycles. The van der Waals surface area contributed by atoms with E-state index in [0.717, 1.165) is 23.8 Å². The number of fused-ring (bicyclic) bond motifs is 1. The van der Waals surface area contributed by atoms with Gasteiger partial charge in [0.05, 0.1) is 13.1 Å². The minimum absolute atomic E-state index is 0.0206. The SMILES string of the molecule is N#CC1=C(N)Oc2cc(O)ccc2[C@@H]1c1cc(I)c(OCc2ccc(F)cc2)c(I)c1. The number of halogens is 3. The van der Waals surface area contributed by atoms with Gasteiger partial charge in [0.25, 0.3) is 0 Å². The molecule has 31 heavy (non-hydrogen) atoms. The maximum atomic E-state index is 13.1. The molecular formula is C23H15FI2N2O3. The minimum Gasteiger partial charge on any atom is -0.508 e. The van der Waals surface area contributed by atoms with Crippen molar-refractivity contribution in [2.45, 2.75) is 12.5 Å². The van der Waals surface area contributed by atoms with Crippen LogP contribution in [0, 0.1) is 24.3 Å². The van der Waals surface area contributed by atoms with E-state index in [9.17, 15) is 14.8 Å². The lowest BCUT2D eigenvalue weighted by molar-refractivity contribution is 0.301. The van der Waals surface area contributed by atoms with Crippen LogP contribution in [0.3, 0.4) is 0 Å². The second-order valence-electron chi connectivity index (χ2n) is 6.88. The number of aromatic hydroxyl groups is 1. The molecule has 1 heterocycles. The van der Waals surface area contributed by atoms with E-state index < -0.39 is 5.92 Å². The maximum absolute atomic E-state index is 13.1. The summed E-state index contributed by atoms with van der Waals surface area (Å²) in [6.07, 6.45) is 0. The average molecular weight is 640 g/mol. The highest BCUT2D eigenvalue weighted by Gasteiger charge is 2.31. The second-order valence-corrected chi connectivity index (χ2v) is 9.20. The molecule has 0 saturated carbocycles. The monoisotopic (exact) mass is 640 g/mol. The summed E-state index contributed by atoms with van der Waals surface area (Å²) in [6.45, 7) is 0.307. The van der Waals surface area contributed by atoms with Crippen molar-refractivity contribution < 1.29 is 19.0 Å². The van der Waals surface area contributed by atoms with E-state index >= 15 is 0 Å². The smallest absolute Gasteiger partial charge is 0.205 e. The van der Waals surface area contributed by atoms with Gasteiger partial charge in [-0.05, 0) is 86.6 Å². The van der Waals surface area contributed by atoms with Crippen LogP contribution >= 0.6 is 45.2 Å². The zero-order valence-corrected chi connectivity index (χ0v) is 20.2. The molecule has 0 aromatic heterocycles. The summed E-state index contributed by atoms with van der Waals surface area (Å²) in [7, 11) is 0. The third-order valence-electron chi connectivity index (χ3n) is 4.85. The number of phenolic OH excluding ortho intramolecular Hbond substituents is 1. The number of rotatable bonds is 4. The van der Waals surface area contributed by atoms with Crippen molar-refractivity contribution in [3.05, 3.63) is 95.7 Å². The van der Waals surface area contributed by atoms with Crippen molar-refractivity contribution in [1.29, 1.82) is 5.26 Å². The first-order valence-electron chi connectivity index (χ1n) is 9.14. The van der Waals surface area contributed by atoms with Gasteiger partial charge in [0.2, 0.25) is 5.88 Å². The van der Waals surface area contributed by atoms with Crippen LogP contribution in [0.4, 0.5) is 4.39 Å². The highest BCUT2D eigenvalue weighted by molar-refractivity contribution is 14.1. The number of allylic oxidation sites excluding steroid dienone is 1. The molecule has 1 aliphatic heterocycles. The van der Waals surface area contributed by atoms with Gasteiger partial charge < -0.3 is 20.3 Å². The van der Waals surface area contributed by atoms with Gasteiger partial charge in [-0.3, -0.25) is 0 Å². The van der Waals surface area contributed by atoms with Crippen LogP contribution in [0.25, 0.3) is 0 Å². The Balaban J connectivity index is 1.70. The quantitative estimate of drug-likeness (QED) is 0.366. The first-order chi connectivity index (χ1) is 14.9. The molecule has 0 amide bonds. The van der Waals surface area contributed by atoms with E-state index in [2.05, 4.69) is 51.3 Å². The van der Waals surface area contributed by atoms with Gasteiger partial charge in [-0.2, -0.15) is 5.26 Å². The number of hydrogen-bond donors (Lipinski definition) is 2. The Labute approximate surface area is 205 Å². The Kier molecular flexibility index (Phi) is 6.24. The van der Waals surface area contributed by atoms with E-state index in [1.165, 1.54) is 18.2 Å². The summed E-state index contributed by atoms with van der Waals surface area (Å²) < 4.78 is 26.4. The average Bonchev–Trinajstić information content (AvgIpc) is 2.73. The van der Waals surface area contributed by atoms with Gasteiger partial charge in [-0.1, -0.05) is 18.2 Å². The molecule has 1 atom stereocenters. The zero-order valence-electron chi connectivity index (χ0n) is 15.9. The number of ether oxygens (including phenoxy) is 2. The van der Waals surface area contributed by atoms with Crippen LogP contribution < -0.4 is 15.2 Å². The largest absolute Gasteiger partial charge is 0.508 e. The molecule has 3 N–H and O–H groups in total. The normalized spacial score (nSPS) is 15.1. The van der Waals surface area contributed by atoms with Crippen molar-refractivity contribution in [3.8, 4) is 23.3 Å². The van der Waals surface area contributed by atoms with Crippen molar-refractivity contribution in [2.75, 3.05) is 0 Å². The molecule has 5 nitrogen and oxygen atoms in total. The minimum atomic E-state index is -0.428. The molecule has 0 unspecified atom stereocenters. The molecular weight excluding hydrogens is 625 g/mol. The third kappa shape index (κ3) is 4.43. The fourth-order valence-electron chi connectivity index (χ4n) is 3.41. The molecule has 4 rings (SSSR count). The summed E-state index contributed by atoms with van der Waals surface area (Å²) in [5, 5.41) is 19.5. The van der Waals surface area contributed by atoms with E-state index in [0.29, 0.717) is 23.7 Å². The molecule has 1 aliphatic rings. The van der Waals surface area contributed by atoms with Gasteiger partial charge in [-0.25, -0.2) is 4.39 Å². The van der Waals surface area contributed by atoms with E-state index in [-0.39, 0.29) is 17.4 Å². The molecule has 156 valence electrons. The molecule has 0 radical (unpaired) electrons. The predicted octanol–water partition coefficient (Wildman–Crippen LogP) is 5.54. The Morgan fingerprint density at radius 1 is 1.10 bits per heavy atom. The number of phenols is 1. The van der Waals surface area contributed by atoms with E-state index in [4.69, 9.17) is 15.2 Å². The van der Waals surface area contributed by atoms with Crippen molar-refractivity contribution in [2.24, 2.45) is 5.73 Å². The first-order valence-corrected chi connectivity index (χ1v) is 11.3.